The number of ether oxygens (including phenoxy) is 1. The second-order valence-corrected chi connectivity index (χ2v) is 4.71. The SMILES string of the molecule is CCOC(=O)[C@@H]1CCCN(C(=O)c2ccc(F)nc2)C1. The third-order valence-corrected chi connectivity index (χ3v) is 3.30. The van der Waals surface area contributed by atoms with Gasteiger partial charge in [0.15, 0.2) is 0 Å². The third-order valence-electron chi connectivity index (χ3n) is 3.30. The van der Waals surface area contributed by atoms with Crippen LogP contribution in [0.4, 0.5) is 4.39 Å². The largest absolute Gasteiger partial charge is 0.466 e. The molecule has 1 aliphatic heterocycles. The number of carbonyl (C=O) groups is 2. The van der Waals surface area contributed by atoms with Crippen LogP contribution in [0, 0.1) is 11.9 Å². The van der Waals surface area contributed by atoms with Gasteiger partial charge in [-0.25, -0.2) is 4.98 Å². The average molecular weight is 280 g/mol. The van der Waals surface area contributed by atoms with E-state index in [0.29, 0.717) is 25.3 Å². The van der Waals surface area contributed by atoms with E-state index in [-0.39, 0.29) is 17.8 Å². The number of esters is 1. The van der Waals surface area contributed by atoms with Crippen molar-refractivity contribution in [3.05, 3.63) is 29.8 Å². The Bertz CT molecular complexity index is 490. The minimum atomic E-state index is -0.621. The normalized spacial score (nSPS) is 18.7. The molecule has 0 radical (unpaired) electrons. The Kier molecular flexibility index (Phi) is 4.65. The van der Waals surface area contributed by atoms with Crippen LogP contribution in [0.2, 0.25) is 0 Å². The molecule has 1 aromatic rings. The standard InChI is InChI=1S/C14H17FN2O3/c1-2-20-14(19)11-4-3-7-17(9-11)13(18)10-5-6-12(15)16-8-10/h5-6,8,11H,2-4,7,9H2,1H3/t11-/m1/s1. The number of rotatable bonds is 3. The number of aromatic nitrogens is 1. The van der Waals surface area contributed by atoms with Gasteiger partial charge in [0.1, 0.15) is 0 Å². The maximum atomic E-state index is 12.7. The van der Waals surface area contributed by atoms with Crippen LogP contribution in [0.25, 0.3) is 0 Å². The molecule has 1 saturated heterocycles. The average Bonchev–Trinajstić information content (AvgIpc) is 2.48. The molecule has 6 heteroatoms. The Morgan fingerprint density at radius 1 is 1.50 bits per heavy atom. The molecule has 0 bridgehead atoms. The van der Waals surface area contributed by atoms with Crippen LogP contribution in [0.3, 0.4) is 0 Å². The lowest BCUT2D eigenvalue weighted by Crippen LogP contribution is -2.42. The molecule has 5 nitrogen and oxygen atoms in total. The fraction of sp³-hybridized carbons (Fsp3) is 0.500. The Balaban J connectivity index is 2.03. The second-order valence-electron chi connectivity index (χ2n) is 4.71. The van der Waals surface area contributed by atoms with Crippen molar-refractivity contribution in [2.75, 3.05) is 19.7 Å². The maximum absolute atomic E-state index is 12.7. The molecule has 0 aliphatic carbocycles. The molecule has 1 fully saturated rings. The zero-order valence-electron chi connectivity index (χ0n) is 11.3. The van der Waals surface area contributed by atoms with Crippen LogP contribution in [0.5, 0.6) is 0 Å². The van der Waals surface area contributed by atoms with Crippen molar-refractivity contribution >= 4 is 11.9 Å². The third kappa shape index (κ3) is 3.31. The first-order valence-corrected chi connectivity index (χ1v) is 6.69. The van der Waals surface area contributed by atoms with E-state index >= 15 is 0 Å². The van der Waals surface area contributed by atoms with E-state index in [0.717, 1.165) is 18.9 Å². The lowest BCUT2D eigenvalue weighted by Gasteiger charge is -2.31. The predicted octanol–water partition coefficient (Wildman–Crippen LogP) is 1.64. The number of piperidine rings is 1. The van der Waals surface area contributed by atoms with Gasteiger partial charge in [-0.1, -0.05) is 0 Å². The number of hydrogen-bond donors (Lipinski definition) is 0. The van der Waals surface area contributed by atoms with Gasteiger partial charge in [-0.05, 0) is 31.9 Å². The quantitative estimate of drug-likeness (QED) is 0.624. The highest BCUT2D eigenvalue weighted by molar-refractivity contribution is 5.94. The van der Waals surface area contributed by atoms with Crippen molar-refractivity contribution in [2.24, 2.45) is 5.92 Å². The van der Waals surface area contributed by atoms with Gasteiger partial charge < -0.3 is 9.64 Å². The van der Waals surface area contributed by atoms with E-state index < -0.39 is 5.95 Å². The van der Waals surface area contributed by atoms with Crippen molar-refractivity contribution in [2.45, 2.75) is 19.8 Å². The Labute approximate surface area is 116 Å². The molecule has 2 rings (SSSR count). The Morgan fingerprint density at radius 2 is 2.30 bits per heavy atom. The van der Waals surface area contributed by atoms with Crippen molar-refractivity contribution in [3.8, 4) is 0 Å². The van der Waals surface area contributed by atoms with Crippen molar-refractivity contribution in [1.29, 1.82) is 0 Å². The highest BCUT2D eigenvalue weighted by atomic mass is 19.1. The summed E-state index contributed by atoms with van der Waals surface area (Å²) in [6, 6.07) is 2.55. The molecule has 0 aromatic carbocycles. The summed E-state index contributed by atoms with van der Waals surface area (Å²) in [7, 11) is 0. The van der Waals surface area contributed by atoms with Crippen LogP contribution < -0.4 is 0 Å². The zero-order valence-corrected chi connectivity index (χ0v) is 11.3. The topological polar surface area (TPSA) is 59.5 Å². The van der Waals surface area contributed by atoms with Crippen LogP contribution in [-0.2, 0) is 9.53 Å². The van der Waals surface area contributed by atoms with E-state index in [9.17, 15) is 14.0 Å². The molecular weight excluding hydrogens is 263 g/mol. The first-order chi connectivity index (χ1) is 9.61. The minimum absolute atomic E-state index is 0.230. The molecule has 0 spiro atoms. The van der Waals surface area contributed by atoms with Crippen molar-refractivity contribution in [1.82, 2.24) is 9.88 Å². The summed E-state index contributed by atoms with van der Waals surface area (Å²) in [6.45, 7) is 3.03. The summed E-state index contributed by atoms with van der Waals surface area (Å²) < 4.78 is 17.7. The van der Waals surface area contributed by atoms with Crippen LogP contribution >= 0.6 is 0 Å². The van der Waals surface area contributed by atoms with E-state index in [2.05, 4.69) is 4.98 Å². The summed E-state index contributed by atoms with van der Waals surface area (Å²) >= 11 is 0. The molecule has 20 heavy (non-hydrogen) atoms. The van der Waals surface area contributed by atoms with Crippen LogP contribution in [-0.4, -0.2) is 41.5 Å². The van der Waals surface area contributed by atoms with Gasteiger partial charge in [0.05, 0.1) is 18.1 Å². The van der Waals surface area contributed by atoms with Gasteiger partial charge in [-0.3, -0.25) is 9.59 Å². The van der Waals surface area contributed by atoms with Crippen molar-refractivity contribution < 1.29 is 18.7 Å². The van der Waals surface area contributed by atoms with Crippen LogP contribution in [0.1, 0.15) is 30.1 Å². The molecular formula is C14H17FN2O3. The summed E-state index contributed by atoms with van der Waals surface area (Å²) in [5, 5.41) is 0. The number of amides is 1. The molecule has 2 heterocycles. The van der Waals surface area contributed by atoms with Gasteiger partial charge in [-0.15, -0.1) is 0 Å². The fourth-order valence-electron chi connectivity index (χ4n) is 2.30. The van der Waals surface area contributed by atoms with Crippen LogP contribution in [0.15, 0.2) is 18.3 Å². The first kappa shape index (κ1) is 14.4. The fourth-order valence-corrected chi connectivity index (χ4v) is 2.30. The predicted molar refractivity (Wildman–Crippen MR) is 69.5 cm³/mol. The van der Waals surface area contributed by atoms with Gasteiger partial charge in [0, 0.05) is 19.3 Å². The molecule has 1 atom stereocenters. The molecule has 1 aromatic heterocycles. The zero-order chi connectivity index (χ0) is 14.5. The van der Waals surface area contributed by atoms with E-state index in [1.54, 1.807) is 11.8 Å². The number of halogens is 1. The maximum Gasteiger partial charge on any atom is 0.310 e. The first-order valence-electron chi connectivity index (χ1n) is 6.69. The lowest BCUT2D eigenvalue weighted by atomic mass is 9.97. The van der Waals surface area contributed by atoms with E-state index in [1.165, 1.54) is 12.3 Å². The summed E-state index contributed by atoms with van der Waals surface area (Å²) in [6.07, 6.45) is 2.69. The monoisotopic (exact) mass is 280 g/mol. The van der Waals surface area contributed by atoms with Gasteiger partial charge in [0.2, 0.25) is 5.95 Å². The number of nitrogens with zero attached hydrogens (tertiary/aromatic N) is 2. The van der Waals surface area contributed by atoms with Gasteiger partial charge in [0.25, 0.3) is 5.91 Å². The van der Waals surface area contributed by atoms with E-state index in [1.807, 2.05) is 0 Å². The number of likely N-dealkylation sites (tertiary alicyclic amines) is 1. The minimum Gasteiger partial charge on any atom is -0.466 e. The summed E-state index contributed by atoms with van der Waals surface area (Å²) in [5.41, 5.74) is 0.330. The smallest absolute Gasteiger partial charge is 0.310 e. The molecule has 108 valence electrons. The highest BCUT2D eigenvalue weighted by Gasteiger charge is 2.29. The number of carbonyl (C=O) groups excluding carboxylic acids is 2. The lowest BCUT2D eigenvalue weighted by molar-refractivity contribution is -0.149. The summed E-state index contributed by atoms with van der Waals surface area (Å²) in [5.74, 6) is -1.39. The molecule has 0 unspecified atom stereocenters. The van der Waals surface area contributed by atoms with Crippen molar-refractivity contribution in [3.63, 3.8) is 0 Å². The number of pyridine rings is 1. The molecule has 1 aliphatic rings. The van der Waals surface area contributed by atoms with Gasteiger partial charge >= 0.3 is 5.97 Å². The van der Waals surface area contributed by atoms with E-state index in [4.69, 9.17) is 4.74 Å². The molecule has 0 N–H and O–H groups in total. The molecule has 0 saturated carbocycles. The Morgan fingerprint density at radius 3 is 2.95 bits per heavy atom. The molecule has 1 amide bonds. The highest BCUT2D eigenvalue weighted by Crippen LogP contribution is 2.19. The number of hydrogen-bond acceptors (Lipinski definition) is 4. The Hall–Kier alpha value is -1.98. The van der Waals surface area contributed by atoms with Gasteiger partial charge in [-0.2, -0.15) is 4.39 Å². The summed E-state index contributed by atoms with van der Waals surface area (Å²) in [4.78, 5) is 29.0. The second kappa shape index (κ2) is 6.45.